The maximum absolute atomic E-state index is 12.4. The Morgan fingerprint density at radius 1 is 1.21 bits per heavy atom. The van der Waals surface area contributed by atoms with Gasteiger partial charge in [0, 0.05) is 20.1 Å². The van der Waals surface area contributed by atoms with Crippen molar-refractivity contribution in [3.63, 3.8) is 0 Å². The summed E-state index contributed by atoms with van der Waals surface area (Å²) in [6.45, 7) is 0.245. The van der Waals surface area contributed by atoms with Crippen LogP contribution in [-0.4, -0.2) is 38.8 Å². The number of nitrogens with two attached hydrogens (primary N) is 1. The molecule has 0 atom stereocenters. The standard InChI is InChI=1S/C17H28N4O2S/c1-21(2)24(22,23)16-12-8-7-9-14(16)13-19-17(18)20-15-10-5-3-4-6-11-15/h7-9,12,15H,3-6,10-11,13H2,1-2H3,(H3,18,19,20). The number of nitrogens with one attached hydrogen (secondary N) is 1. The van der Waals surface area contributed by atoms with Gasteiger partial charge in [0.1, 0.15) is 0 Å². The molecule has 0 unspecified atom stereocenters. The smallest absolute Gasteiger partial charge is 0.242 e. The molecule has 1 aromatic carbocycles. The molecule has 6 nitrogen and oxygen atoms in total. The van der Waals surface area contributed by atoms with E-state index in [0.29, 0.717) is 17.6 Å². The highest BCUT2D eigenvalue weighted by Gasteiger charge is 2.20. The largest absolute Gasteiger partial charge is 0.370 e. The van der Waals surface area contributed by atoms with Crippen LogP contribution in [0.3, 0.4) is 0 Å². The molecular formula is C17H28N4O2S. The molecule has 0 heterocycles. The number of aliphatic imine (C=N–C) groups is 1. The molecule has 3 N–H and O–H groups in total. The van der Waals surface area contributed by atoms with Gasteiger partial charge in [-0.25, -0.2) is 17.7 Å². The maximum atomic E-state index is 12.4. The molecule has 1 aliphatic carbocycles. The second-order valence-corrected chi connectivity index (χ2v) is 8.55. The van der Waals surface area contributed by atoms with Crippen molar-refractivity contribution < 1.29 is 8.42 Å². The van der Waals surface area contributed by atoms with Gasteiger partial charge in [-0.2, -0.15) is 0 Å². The fourth-order valence-electron chi connectivity index (χ4n) is 2.93. The number of guanidine groups is 1. The topological polar surface area (TPSA) is 87.8 Å². The number of sulfonamides is 1. The predicted octanol–water partition coefficient (Wildman–Crippen LogP) is 2.06. The average Bonchev–Trinajstić information content (AvgIpc) is 2.81. The van der Waals surface area contributed by atoms with Crippen molar-refractivity contribution in [1.29, 1.82) is 0 Å². The summed E-state index contributed by atoms with van der Waals surface area (Å²) in [5.41, 5.74) is 6.65. The third-order valence-corrected chi connectivity index (χ3v) is 6.27. The highest BCUT2D eigenvalue weighted by atomic mass is 32.2. The van der Waals surface area contributed by atoms with Crippen LogP contribution in [0.15, 0.2) is 34.2 Å². The second-order valence-electron chi connectivity index (χ2n) is 6.43. The number of hydrogen-bond donors (Lipinski definition) is 2. The molecule has 24 heavy (non-hydrogen) atoms. The molecule has 134 valence electrons. The zero-order valence-electron chi connectivity index (χ0n) is 14.5. The van der Waals surface area contributed by atoms with Crippen LogP contribution < -0.4 is 11.1 Å². The number of benzene rings is 1. The highest BCUT2D eigenvalue weighted by Crippen LogP contribution is 2.19. The Bertz CT molecular complexity index is 663. The van der Waals surface area contributed by atoms with E-state index < -0.39 is 10.0 Å². The van der Waals surface area contributed by atoms with E-state index in [4.69, 9.17) is 5.73 Å². The third-order valence-electron chi connectivity index (χ3n) is 4.36. The van der Waals surface area contributed by atoms with E-state index in [1.165, 1.54) is 44.1 Å². The minimum Gasteiger partial charge on any atom is -0.370 e. The van der Waals surface area contributed by atoms with E-state index in [1.807, 2.05) is 6.07 Å². The van der Waals surface area contributed by atoms with Crippen molar-refractivity contribution in [3.05, 3.63) is 29.8 Å². The number of rotatable bonds is 5. The summed E-state index contributed by atoms with van der Waals surface area (Å²) in [6.07, 6.45) is 7.23. The molecule has 0 radical (unpaired) electrons. The molecule has 1 aromatic rings. The molecule has 0 aliphatic heterocycles. The molecule has 0 amide bonds. The van der Waals surface area contributed by atoms with Crippen LogP contribution in [0.5, 0.6) is 0 Å². The van der Waals surface area contributed by atoms with E-state index in [1.54, 1.807) is 18.2 Å². The Balaban J connectivity index is 2.08. The van der Waals surface area contributed by atoms with E-state index in [0.717, 1.165) is 12.8 Å². The SMILES string of the molecule is CN(C)S(=O)(=O)c1ccccc1CN=C(N)NC1CCCCCC1. The normalized spacial score (nSPS) is 17.7. The Kier molecular flexibility index (Phi) is 6.62. The van der Waals surface area contributed by atoms with Gasteiger partial charge in [0.25, 0.3) is 0 Å². The maximum Gasteiger partial charge on any atom is 0.242 e. The summed E-state index contributed by atoms with van der Waals surface area (Å²) in [5, 5.41) is 3.28. The molecular weight excluding hydrogens is 324 g/mol. The molecule has 0 spiro atoms. The first-order valence-electron chi connectivity index (χ1n) is 8.48. The van der Waals surface area contributed by atoms with Crippen LogP contribution in [0.25, 0.3) is 0 Å². The van der Waals surface area contributed by atoms with Gasteiger partial charge in [0.05, 0.1) is 11.4 Å². The van der Waals surface area contributed by atoms with Gasteiger partial charge in [0.2, 0.25) is 10.0 Å². The molecule has 1 fully saturated rings. The Morgan fingerprint density at radius 3 is 2.46 bits per heavy atom. The van der Waals surface area contributed by atoms with Crippen molar-refractivity contribution >= 4 is 16.0 Å². The average molecular weight is 353 g/mol. The molecule has 0 bridgehead atoms. The minimum atomic E-state index is -3.48. The van der Waals surface area contributed by atoms with Gasteiger partial charge in [-0.1, -0.05) is 43.9 Å². The minimum absolute atomic E-state index is 0.245. The second kappa shape index (κ2) is 8.48. The molecule has 1 aliphatic rings. The Hall–Kier alpha value is -1.60. The zero-order valence-corrected chi connectivity index (χ0v) is 15.3. The van der Waals surface area contributed by atoms with Crippen LogP contribution in [0.2, 0.25) is 0 Å². The van der Waals surface area contributed by atoms with E-state index >= 15 is 0 Å². The van der Waals surface area contributed by atoms with Crippen molar-refractivity contribution in [2.45, 2.75) is 56.0 Å². The fourth-order valence-corrected chi connectivity index (χ4v) is 4.04. The lowest BCUT2D eigenvalue weighted by molar-refractivity contribution is 0.519. The van der Waals surface area contributed by atoms with Crippen LogP contribution >= 0.6 is 0 Å². The summed E-state index contributed by atoms with van der Waals surface area (Å²) in [5.74, 6) is 0.388. The van der Waals surface area contributed by atoms with Gasteiger partial charge in [-0.05, 0) is 24.5 Å². The molecule has 1 saturated carbocycles. The molecule has 2 rings (SSSR count). The summed E-state index contributed by atoms with van der Waals surface area (Å²) in [7, 11) is -0.434. The predicted molar refractivity (Wildman–Crippen MR) is 97.3 cm³/mol. The third kappa shape index (κ3) is 4.95. The summed E-state index contributed by atoms with van der Waals surface area (Å²) < 4.78 is 26.0. The van der Waals surface area contributed by atoms with Crippen LogP contribution in [0.4, 0.5) is 0 Å². The molecule has 0 aromatic heterocycles. The van der Waals surface area contributed by atoms with Crippen molar-refractivity contribution in [2.24, 2.45) is 10.7 Å². The molecule has 0 saturated heterocycles. The van der Waals surface area contributed by atoms with Crippen molar-refractivity contribution in [2.75, 3.05) is 14.1 Å². The van der Waals surface area contributed by atoms with Gasteiger partial charge in [0.15, 0.2) is 5.96 Å². The van der Waals surface area contributed by atoms with Crippen molar-refractivity contribution in [3.8, 4) is 0 Å². The number of hydrogen-bond acceptors (Lipinski definition) is 3. The first-order chi connectivity index (χ1) is 11.4. The van der Waals surface area contributed by atoms with Gasteiger partial charge < -0.3 is 11.1 Å². The Labute approximate surface area is 145 Å². The number of nitrogens with zero attached hydrogens (tertiary/aromatic N) is 2. The summed E-state index contributed by atoms with van der Waals surface area (Å²) in [4.78, 5) is 4.63. The lowest BCUT2D eigenvalue weighted by Gasteiger charge is -2.17. The quantitative estimate of drug-likeness (QED) is 0.482. The van der Waals surface area contributed by atoms with Crippen LogP contribution in [0.1, 0.15) is 44.1 Å². The Morgan fingerprint density at radius 2 is 1.83 bits per heavy atom. The lowest BCUT2D eigenvalue weighted by atomic mass is 10.1. The van der Waals surface area contributed by atoms with Crippen LogP contribution in [-0.2, 0) is 16.6 Å². The van der Waals surface area contributed by atoms with Crippen LogP contribution in [0, 0.1) is 0 Å². The van der Waals surface area contributed by atoms with Crippen molar-refractivity contribution in [1.82, 2.24) is 9.62 Å². The fraction of sp³-hybridized carbons (Fsp3) is 0.588. The molecule has 7 heteroatoms. The summed E-state index contributed by atoms with van der Waals surface area (Å²) in [6, 6.07) is 7.29. The highest BCUT2D eigenvalue weighted by molar-refractivity contribution is 7.89. The monoisotopic (exact) mass is 352 g/mol. The summed E-state index contributed by atoms with van der Waals surface area (Å²) >= 11 is 0. The van der Waals surface area contributed by atoms with Gasteiger partial charge in [-0.3, -0.25) is 0 Å². The van der Waals surface area contributed by atoms with E-state index in [9.17, 15) is 8.42 Å². The van der Waals surface area contributed by atoms with E-state index in [-0.39, 0.29) is 11.4 Å². The first-order valence-corrected chi connectivity index (χ1v) is 9.92. The van der Waals surface area contributed by atoms with Gasteiger partial charge in [-0.15, -0.1) is 0 Å². The van der Waals surface area contributed by atoms with Gasteiger partial charge >= 0.3 is 0 Å². The zero-order chi connectivity index (χ0) is 17.6. The lowest BCUT2D eigenvalue weighted by Crippen LogP contribution is -2.39. The first kappa shape index (κ1) is 18.7. The van der Waals surface area contributed by atoms with E-state index in [2.05, 4.69) is 10.3 Å².